The molecule has 1 heterocycles. The Balaban J connectivity index is 1.55. The predicted octanol–water partition coefficient (Wildman–Crippen LogP) is 2.66. The van der Waals surface area contributed by atoms with Crippen molar-refractivity contribution in [3.05, 3.63) is 18.2 Å². The maximum Gasteiger partial charge on any atom is 0.241 e. The lowest BCUT2D eigenvalue weighted by Gasteiger charge is -2.26. The minimum Gasteiger partial charge on any atom is -0.454 e. The number of ether oxygens (including phenoxy) is 2. The molecule has 1 atom stereocenters. The average Bonchev–Trinajstić information content (AvgIpc) is 2.95. The molecule has 1 aromatic carbocycles. The highest BCUT2D eigenvalue weighted by atomic mass is 16.7. The second kappa shape index (κ2) is 6.35. The zero-order valence-corrected chi connectivity index (χ0v) is 12.4. The summed E-state index contributed by atoms with van der Waals surface area (Å²) in [5.41, 5.74) is 0.738. The Bertz CT molecular complexity index is 512. The first kappa shape index (κ1) is 14.2. The molecule has 0 bridgehead atoms. The fraction of sp³-hybridized carbons (Fsp3) is 0.562. The van der Waals surface area contributed by atoms with E-state index in [1.54, 1.807) is 6.07 Å². The third-order valence-electron chi connectivity index (χ3n) is 4.12. The first-order chi connectivity index (χ1) is 10.2. The summed E-state index contributed by atoms with van der Waals surface area (Å²) in [6.07, 6.45) is 6.17. The largest absolute Gasteiger partial charge is 0.454 e. The smallest absolute Gasteiger partial charge is 0.241 e. The Hall–Kier alpha value is -1.75. The molecule has 0 aromatic heterocycles. The van der Waals surface area contributed by atoms with E-state index in [4.69, 9.17) is 9.47 Å². The Kier molecular flexibility index (Phi) is 4.29. The Morgan fingerprint density at radius 1 is 1.19 bits per heavy atom. The van der Waals surface area contributed by atoms with E-state index in [-0.39, 0.29) is 18.7 Å². The molecule has 0 saturated heterocycles. The van der Waals surface area contributed by atoms with E-state index in [0.29, 0.717) is 11.8 Å². The lowest BCUT2D eigenvalue weighted by atomic mass is 9.95. The van der Waals surface area contributed by atoms with Gasteiger partial charge in [0, 0.05) is 17.8 Å². The van der Waals surface area contributed by atoms with Gasteiger partial charge in [-0.1, -0.05) is 19.3 Å². The number of hydrogen-bond donors (Lipinski definition) is 2. The van der Waals surface area contributed by atoms with E-state index in [9.17, 15) is 4.79 Å². The molecular formula is C16H22N2O3. The van der Waals surface area contributed by atoms with Crippen molar-refractivity contribution in [1.29, 1.82) is 0 Å². The van der Waals surface area contributed by atoms with Gasteiger partial charge in [0.15, 0.2) is 11.5 Å². The van der Waals surface area contributed by atoms with Crippen molar-refractivity contribution in [2.75, 3.05) is 12.1 Å². The molecule has 21 heavy (non-hydrogen) atoms. The van der Waals surface area contributed by atoms with Crippen LogP contribution in [0.25, 0.3) is 0 Å². The van der Waals surface area contributed by atoms with Gasteiger partial charge in [-0.15, -0.1) is 0 Å². The number of carbonyl (C=O) groups is 1. The van der Waals surface area contributed by atoms with Crippen molar-refractivity contribution >= 4 is 11.6 Å². The van der Waals surface area contributed by atoms with Crippen LogP contribution >= 0.6 is 0 Å². The van der Waals surface area contributed by atoms with Gasteiger partial charge in [0.25, 0.3) is 0 Å². The van der Waals surface area contributed by atoms with Crippen molar-refractivity contribution in [1.82, 2.24) is 5.32 Å². The highest BCUT2D eigenvalue weighted by molar-refractivity contribution is 5.94. The molecule has 5 nitrogen and oxygen atoms in total. The quantitative estimate of drug-likeness (QED) is 0.895. The second-order valence-corrected chi connectivity index (χ2v) is 5.78. The first-order valence-corrected chi connectivity index (χ1v) is 7.69. The van der Waals surface area contributed by atoms with Gasteiger partial charge in [0.1, 0.15) is 0 Å². The number of fused-ring (bicyclic) bond motifs is 1. The normalized spacial score (nSPS) is 19.3. The average molecular weight is 290 g/mol. The molecule has 5 heteroatoms. The maximum absolute atomic E-state index is 12.2. The van der Waals surface area contributed by atoms with Crippen LogP contribution in [0.3, 0.4) is 0 Å². The summed E-state index contributed by atoms with van der Waals surface area (Å²) in [4.78, 5) is 12.2. The molecule has 1 saturated carbocycles. The van der Waals surface area contributed by atoms with Crippen LogP contribution in [0.1, 0.15) is 39.0 Å². The van der Waals surface area contributed by atoms with E-state index >= 15 is 0 Å². The zero-order valence-electron chi connectivity index (χ0n) is 12.4. The molecule has 1 aliphatic carbocycles. The highest BCUT2D eigenvalue weighted by Gasteiger charge is 2.20. The number of rotatable bonds is 4. The predicted molar refractivity (Wildman–Crippen MR) is 80.7 cm³/mol. The maximum atomic E-state index is 12.2. The van der Waals surface area contributed by atoms with Gasteiger partial charge >= 0.3 is 0 Å². The number of nitrogens with one attached hydrogen (secondary N) is 2. The molecule has 0 unspecified atom stereocenters. The van der Waals surface area contributed by atoms with Gasteiger partial charge in [-0.05, 0) is 31.9 Å². The summed E-state index contributed by atoms with van der Waals surface area (Å²) >= 11 is 0. The molecule has 1 fully saturated rings. The topological polar surface area (TPSA) is 59.6 Å². The summed E-state index contributed by atoms with van der Waals surface area (Å²) < 4.78 is 10.6. The third-order valence-corrected chi connectivity index (χ3v) is 4.12. The molecule has 1 aromatic rings. The van der Waals surface area contributed by atoms with Crippen LogP contribution in [0.2, 0.25) is 0 Å². The molecule has 1 amide bonds. The van der Waals surface area contributed by atoms with Crippen LogP contribution in [-0.4, -0.2) is 24.8 Å². The van der Waals surface area contributed by atoms with E-state index in [1.165, 1.54) is 32.1 Å². The molecule has 3 rings (SSSR count). The van der Waals surface area contributed by atoms with Crippen molar-refractivity contribution in [2.24, 2.45) is 0 Å². The van der Waals surface area contributed by atoms with Gasteiger partial charge in [0.2, 0.25) is 12.7 Å². The van der Waals surface area contributed by atoms with E-state index in [1.807, 2.05) is 19.1 Å². The molecular weight excluding hydrogens is 268 g/mol. The first-order valence-electron chi connectivity index (χ1n) is 7.69. The van der Waals surface area contributed by atoms with Crippen LogP contribution < -0.4 is 20.1 Å². The van der Waals surface area contributed by atoms with Crippen LogP contribution in [-0.2, 0) is 4.79 Å². The molecule has 114 valence electrons. The summed E-state index contributed by atoms with van der Waals surface area (Å²) in [6.45, 7) is 2.16. The summed E-state index contributed by atoms with van der Waals surface area (Å²) in [5, 5.41) is 6.35. The fourth-order valence-electron chi connectivity index (χ4n) is 2.92. The standard InChI is InChI=1S/C16H22N2O3/c1-11(17-12-5-3-2-4-6-12)16(19)18-13-7-8-14-15(9-13)21-10-20-14/h7-9,11-12,17H,2-6,10H2,1H3,(H,18,19)/t11-/m0/s1. The van der Waals surface area contributed by atoms with E-state index in [2.05, 4.69) is 10.6 Å². The number of anilines is 1. The van der Waals surface area contributed by atoms with Gasteiger partial charge in [0.05, 0.1) is 6.04 Å². The van der Waals surface area contributed by atoms with Gasteiger partial charge < -0.3 is 20.1 Å². The van der Waals surface area contributed by atoms with Crippen molar-refractivity contribution in [2.45, 2.75) is 51.1 Å². The van der Waals surface area contributed by atoms with Gasteiger partial charge in [-0.25, -0.2) is 0 Å². The highest BCUT2D eigenvalue weighted by Crippen LogP contribution is 2.34. The van der Waals surface area contributed by atoms with Crippen LogP contribution in [0.4, 0.5) is 5.69 Å². The van der Waals surface area contributed by atoms with Gasteiger partial charge in [-0.2, -0.15) is 0 Å². The minimum atomic E-state index is -0.196. The minimum absolute atomic E-state index is 0.0144. The molecule has 0 spiro atoms. The summed E-state index contributed by atoms with van der Waals surface area (Å²) in [5.74, 6) is 1.39. The lowest BCUT2D eigenvalue weighted by molar-refractivity contribution is -0.118. The Morgan fingerprint density at radius 3 is 2.76 bits per heavy atom. The van der Waals surface area contributed by atoms with Crippen molar-refractivity contribution in [3.8, 4) is 11.5 Å². The second-order valence-electron chi connectivity index (χ2n) is 5.78. The van der Waals surface area contributed by atoms with E-state index in [0.717, 1.165) is 11.4 Å². The van der Waals surface area contributed by atoms with E-state index < -0.39 is 0 Å². The monoisotopic (exact) mass is 290 g/mol. The number of amides is 1. The van der Waals surface area contributed by atoms with Crippen LogP contribution in [0, 0.1) is 0 Å². The van der Waals surface area contributed by atoms with Crippen LogP contribution in [0.15, 0.2) is 18.2 Å². The third kappa shape index (κ3) is 3.47. The van der Waals surface area contributed by atoms with Crippen molar-refractivity contribution < 1.29 is 14.3 Å². The fourth-order valence-corrected chi connectivity index (χ4v) is 2.92. The van der Waals surface area contributed by atoms with Crippen molar-refractivity contribution in [3.63, 3.8) is 0 Å². The zero-order chi connectivity index (χ0) is 14.7. The molecule has 2 N–H and O–H groups in total. The molecule has 2 aliphatic rings. The SMILES string of the molecule is C[C@H](NC1CCCCC1)C(=O)Nc1ccc2c(c1)OCO2. The number of carbonyl (C=O) groups excluding carboxylic acids is 1. The molecule has 0 radical (unpaired) electrons. The summed E-state index contributed by atoms with van der Waals surface area (Å²) in [7, 11) is 0. The molecule has 1 aliphatic heterocycles. The Morgan fingerprint density at radius 2 is 1.95 bits per heavy atom. The Labute approximate surface area is 125 Å². The number of benzene rings is 1. The lowest BCUT2D eigenvalue weighted by Crippen LogP contribution is -2.44. The summed E-state index contributed by atoms with van der Waals surface area (Å²) in [6, 6.07) is 5.72. The van der Waals surface area contributed by atoms with Gasteiger partial charge in [-0.3, -0.25) is 4.79 Å². The number of hydrogen-bond acceptors (Lipinski definition) is 4. The van der Waals surface area contributed by atoms with Crippen LogP contribution in [0.5, 0.6) is 11.5 Å².